The van der Waals surface area contributed by atoms with Gasteiger partial charge >= 0.3 is 0 Å². The first-order valence-electron chi connectivity index (χ1n) is 11.3. The number of nitrogens with zero attached hydrogens (tertiary/aromatic N) is 3. The van der Waals surface area contributed by atoms with Crippen molar-refractivity contribution in [2.24, 2.45) is 13.0 Å². The van der Waals surface area contributed by atoms with Crippen LogP contribution in [0.25, 0.3) is 0 Å². The molecule has 1 heterocycles. The zero-order valence-electron chi connectivity index (χ0n) is 19.9. The molecule has 1 atom stereocenters. The van der Waals surface area contributed by atoms with Crippen molar-refractivity contribution in [2.45, 2.75) is 37.9 Å². The zero-order chi connectivity index (χ0) is 25.4. The van der Waals surface area contributed by atoms with Crippen molar-refractivity contribution < 1.29 is 9.59 Å². The Hall–Kier alpha value is -2.55. The number of amides is 2. The van der Waals surface area contributed by atoms with Gasteiger partial charge in [0.1, 0.15) is 0 Å². The van der Waals surface area contributed by atoms with Crippen LogP contribution in [0.4, 0.5) is 0 Å². The second kappa shape index (κ2) is 13.0. The molecule has 7 nitrogen and oxygen atoms in total. The number of thioether (sulfide) groups is 1. The summed E-state index contributed by atoms with van der Waals surface area (Å²) in [5.74, 6) is 0.753. The van der Waals surface area contributed by atoms with Gasteiger partial charge in [0.05, 0.1) is 22.4 Å². The highest BCUT2D eigenvalue weighted by atomic mass is 35.5. The third-order valence-electron chi connectivity index (χ3n) is 5.28. The Balaban J connectivity index is 1.61. The second-order valence-corrected chi connectivity index (χ2v) is 10.3. The number of halogens is 2. The van der Waals surface area contributed by atoms with E-state index in [2.05, 4.69) is 34.7 Å². The van der Waals surface area contributed by atoms with E-state index in [1.54, 1.807) is 12.1 Å². The summed E-state index contributed by atoms with van der Waals surface area (Å²) >= 11 is 13.5. The van der Waals surface area contributed by atoms with Crippen LogP contribution >= 0.6 is 35.0 Å². The topological polar surface area (TPSA) is 88.9 Å². The second-order valence-electron chi connectivity index (χ2n) is 8.55. The lowest BCUT2D eigenvalue weighted by atomic mass is 10.0. The third-order valence-corrected chi connectivity index (χ3v) is 6.85. The van der Waals surface area contributed by atoms with E-state index >= 15 is 0 Å². The zero-order valence-corrected chi connectivity index (χ0v) is 22.3. The van der Waals surface area contributed by atoms with Gasteiger partial charge in [-0.1, -0.05) is 79.1 Å². The number of carbonyl (C=O) groups excluding carboxylic acids is 2. The van der Waals surface area contributed by atoms with Gasteiger partial charge in [-0.2, -0.15) is 0 Å². The average molecular weight is 535 g/mol. The Kier molecular flexibility index (Phi) is 10.0. The van der Waals surface area contributed by atoms with Crippen LogP contribution < -0.4 is 10.6 Å². The monoisotopic (exact) mass is 533 g/mol. The number of carbonyl (C=O) groups is 2. The van der Waals surface area contributed by atoms with Crippen molar-refractivity contribution in [1.29, 1.82) is 0 Å². The number of rotatable bonds is 11. The molecule has 10 heteroatoms. The number of hydrogen-bond donors (Lipinski definition) is 2. The summed E-state index contributed by atoms with van der Waals surface area (Å²) in [5.41, 5.74) is 1.52. The van der Waals surface area contributed by atoms with Crippen molar-refractivity contribution >= 4 is 46.8 Å². The SMILES string of the molecule is CC(C)C[C@@H](NC(=O)c1ccc(Cl)cc1Cl)c1nnc(SCC(=O)NCCc2ccccc2)n1C. The van der Waals surface area contributed by atoms with Crippen LogP contribution in [0.15, 0.2) is 53.7 Å². The van der Waals surface area contributed by atoms with Gasteiger partial charge < -0.3 is 15.2 Å². The van der Waals surface area contributed by atoms with E-state index in [0.29, 0.717) is 40.5 Å². The van der Waals surface area contributed by atoms with Gasteiger partial charge in [0.15, 0.2) is 11.0 Å². The highest BCUT2D eigenvalue weighted by Gasteiger charge is 2.24. The molecule has 2 N–H and O–H groups in total. The summed E-state index contributed by atoms with van der Waals surface area (Å²) in [4.78, 5) is 25.2. The van der Waals surface area contributed by atoms with Gasteiger partial charge in [-0.05, 0) is 42.5 Å². The number of benzene rings is 2. The lowest BCUT2D eigenvalue weighted by molar-refractivity contribution is -0.118. The Morgan fingerprint density at radius 1 is 1.09 bits per heavy atom. The van der Waals surface area contributed by atoms with Gasteiger partial charge in [0.2, 0.25) is 5.91 Å². The van der Waals surface area contributed by atoms with Gasteiger partial charge in [-0.15, -0.1) is 10.2 Å². The highest BCUT2D eigenvalue weighted by molar-refractivity contribution is 7.99. The van der Waals surface area contributed by atoms with E-state index in [1.165, 1.54) is 23.4 Å². The van der Waals surface area contributed by atoms with Crippen LogP contribution in [0, 0.1) is 5.92 Å². The van der Waals surface area contributed by atoms with Crippen LogP contribution in [0.3, 0.4) is 0 Å². The molecule has 0 aliphatic rings. The maximum absolute atomic E-state index is 12.9. The van der Waals surface area contributed by atoms with Crippen molar-refractivity contribution in [3.8, 4) is 0 Å². The first-order chi connectivity index (χ1) is 16.7. The lowest BCUT2D eigenvalue weighted by Gasteiger charge is -2.20. The van der Waals surface area contributed by atoms with Crippen LogP contribution in [-0.2, 0) is 18.3 Å². The molecule has 0 aliphatic heterocycles. The molecule has 0 unspecified atom stereocenters. The predicted octanol–water partition coefficient (Wildman–Crippen LogP) is 5.09. The first-order valence-corrected chi connectivity index (χ1v) is 13.1. The molecule has 1 aromatic heterocycles. The van der Waals surface area contributed by atoms with Crippen molar-refractivity contribution in [2.75, 3.05) is 12.3 Å². The maximum atomic E-state index is 12.9. The summed E-state index contributed by atoms with van der Waals surface area (Å²) < 4.78 is 1.82. The molecule has 0 aliphatic carbocycles. The van der Waals surface area contributed by atoms with Gasteiger partial charge in [0.25, 0.3) is 5.91 Å². The molecule has 0 bridgehead atoms. The van der Waals surface area contributed by atoms with E-state index in [4.69, 9.17) is 23.2 Å². The largest absolute Gasteiger partial charge is 0.355 e. The summed E-state index contributed by atoms with van der Waals surface area (Å²) in [6.07, 6.45) is 1.44. The van der Waals surface area contributed by atoms with Crippen molar-refractivity contribution in [1.82, 2.24) is 25.4 Å². The van der Waals surface area contributed by atoms with Gasteiger partial charge in [-0.25, -0.2) is 0 Å². The molecular formula is C25H29Cl2N5O2S. The molecule has 0 saturated carbocycles. The van der Waals surface area contributed by atoms with Crippen LogP contribution in [0.5, 0.6) is 0 Å². The third kappa shape index (κ3) is 7.98. The Morgan fingerprint density at radius 2 is 1.83 bits per heavy atom. The molecule has 0 fully saturated rings. The summed E-state index contributed by atoms with van der Waals surface area (Å²) in [6, 6.07) is 14.4. The molecular weight excluding hydrogens is 505 g/mol. The van der Waals surface area contributed by atoms with E-state index in [1.807, 2.05) is 41.9 Å². The van der Waals surface area contributed by atoms with Crippen LogP contribution in [-0.4, -0.2) is 38.9 Å². The van der Waals surface area contributed by atoms with Crippen molar-refractivity contribution in [3.63, 3.8) is 0 Å². The van der Waals surface area contributed by atoms with E-state index < -0.39 is 0 Å². The normalized spacial score (nSPS) is 11.9. The molecule has 0 saturated heterocycles. The molecule has 186 valence electrons. The average Bonchev–Trinajstić information content (AvgIpc) is 3.17. The minimum atomic E-state index is -0.374. The summed E-state index contributed by atoms with van der Waals surface area (Å²) in [7, 11) is 1.83. The van der Waals surface area contributed by atoms with Crippen LogP contribution in [0.2, 0.25) is 10.0 Å². The molecule has 0 radical (unpaired) electrons. The fourth-order valence-electron chi connectivity index (χ4n) is 3.54. The predicted molar refractivity (Wildman–Crippen MR) is 141 cm³/mol. The summed E-state index contributed by atoms with van der Waals surface area (Å²) in [5, 5.41) is 15.9. The minimum Gasteiger partial charge on any atom is -0.355 e. The van der Waals surface area contributed by atoms with E-state index in [-0.39, 0.29) is 28.6 Å². The molecule has 35 heavy (non-hydrogen) atoms. The van der Waals surface area contributed by atoms with Gasteiger partial charge in [0, 0.05) is 18.6 Å². The molecule has 3 rings (SSSR count). The number of aromatic nitrogens is 3. The molecule has 3 aromatic rings. The summed E-state index contributed by atoms with van der Waals surface area (Å²) in [6.45, 7) is 4.71. The van der Waals surface area contributed by atoms with Gasteiger partial charge in [-0.3, -0.25) is 9.59 Å². The number of nitrogens with one attached hydrogen (secondary N) is 2. The molecule has 0 spiro atoms. The smallest absolute Gasteiger partial charge is 0.253 e. The quantitative estimate of drug-likeness (QED) is 0.335. The molecule has 2 aromatic carbocycles. The molecule has 2 amide bonds. The van der Waals surface area contributed by atoms with E-state index in [9.17, 15) is 9.59 Å². The Morgan fingerprint density at radius 3 is 2.51 bits per heavy atom. The van der Waals surface area contributed by atoms with Crippen LogP contribution in [0.1, 0.15) is 48.1 Å². The van der Waals surface area contributed by atoms with E-state index in [0.717, 1.165) is 6.42 Å². The fourth-order valence-corrected chi connectivity index (χ4v) is 4.78. The lowest BCUT2D eigenvalue weighted by Crippen LogP contribution is -2.31. The highest BCUT2D eigenvalue weighted by Crippen LogP contribution is 2.26. The fraction of sp³-hybridized carbons (Fsp3) is 0.360. The maximum Gasteiger partial charge on any atom is 0.253 e. The minimum absolute atomic E-state index is 0.0695. The first kappa shape index (κ1) is 27.0. The number of hydrogen-bond acceptors (Lipinski definition) is 5. The Bertz CT molecular complexity index is 1150. The Labute approximate surface area is 220 Å². The van der Waals surface area contributed by atoms with Crippen molar-refractivity contribution in [3.05, 3.63) is 75.5 Å². The standard InChI is InChI=1S/C25H29Cl2N5O2S/c1-16(2)13-21(29-24(34)19-10-9-18(26)14-20(19)27)23-30-31-25(32(23)3)35-15-22(33)28-12-11-17-7-5-4-6-8-17/h4-10,14,16,21H,11-13,15H2,1-3H3,(H,28,33)(H,29,34)/t21-/m1/s1.